The van der Waals surface area contributed by atoms with E-state index in [9.17, 15) is 9.36 Å². The number of anilines is 1. The van der Waals surface area contributed by atoms with Gasteiger partial charge in [0.2, 0.25) is 0 Å². The standard InChI is InChI=1S/C43H42F3N2O5P/c1-31-39(18-11-25-47-31)48-40(49)36-20-22-38-35(26-36)19-21-37-28-42(43(44,45)46,24-23-41(37,38)27-32-12-5-2-6-13-32)53-54(50,51-29-33-14-7-3-8-15-33)52-30-34-16-9-4-10-17-34/h2-18,20,22,25-26,37H,19,21,23-24,27-30H2,1H3,(H,48,49)/t37-,41+,42-/m1/s1. The lowest BCUT2D eigenvalue weighted by Crippen LogP contribution is -2.57. The van der Waals surface area contributed by atoms with E-state index in [0.717, 1.165) is 16.7 Å². The Kier molecular flexibility index (Phi) is 10.9. The zero-order valence-corrected chi connectivity index (χ0v) is 30.8. The largest absolute Gasteiger partial charge is 0.476 e. The molecule has 280 valence electrons. The summed E-state index contributed by atoms with van der Waals surface area (Å²) in [4.78, 5) is 17.6. The van der Waals surface area contributed by atoms with Crippen molar-refractivity contribution in [3.05, 3.63) is 167 Å². The molecule has 1 heterocycles. The van der Waals surface area contributed by atoms with Crippen molar-refractivity contribution in [1.29, 1.82) is 0 Å². The van der Waals surface area contributed by atoms with Crippen molar-refractivity contribution in [2.75, 3.05) is 5.32 Å². The first-order valence-electron chi connectivity index (χ1n) is 18.1. The van der Waals surface area contributed by atoms with Crippen LogP contribution in [-0.4, -0.2) is 22.7 Å². The van der Waals surface area contributed by atoms with Crippen LogP contribution in [0.5, 0.6) is 0 Å². The molecule has 54 heavy (non-hydrogen) atoms. The molecule has 0 unspecified atom stereocenters. The molecule has 7 nitrogen and oxygen atoms in total. The van der Waals surface area contributed by atoms with Crippen LogP contribution in [0.3, 0.4) is 0 Å². The van der Waals surface area contributed by atoms with Crippen LogP contribution in [-0.2, 0) is 49.6 Å². The molecule has 1 N–H and O–H groups in total. The third kappa shape index (κ3) is 8.08. The molecule has 1 amide bonds. The van der Waals surface area contributed by atoms with E-state index in [0.29, 0.717) is 47.3 Å². The molecule has 0 radical (unpaired) electrons. The van der Waals surface area contributed by atoms with Crippen molar-refractivity contribution in [2.45, 2.75) is 75.9 Å². The van der Waals surface area contributed by atoms with Crippen molar-refractivity contribution in [1.82, 2.24) is 4.98 Å². The molecule has 0 spiro atoms. The molecule has 0 aliphatic heterocycles. The molecule has 2 aliphatic carbocycles. The number of rotatable bonds is 12. The second kappa shape index (κ2) is 15.6. The Morgan fingerprint density at radius 3 is 2.04 bits per heavy atom. The maximum atomic E-state index is 15.6. The van der Waals surface area contributed by atoms with E-state index in [2.05, 4.69) is 10.3 Å². The number of fused-ring (bicyclic) bond motifs is 3. The highest BCUT2D eigenvalue weighted by atomic mass is 31.2. The van der Waals surface area contributed by atoms with Crippen LogP contribution in [0, 0.1) is 12.8 Å². The van der Waals surface area contributed by atoms with E-state index in [-0.39, 0.29) is 25.5 Å². The van der Waals surface area contributed by atoms with Crippen LogP contribution in [0.2, 0.25) is 0 Å². The highest BCUT2D eigenvalue weighted by Gasteiger charge is 2.65. The third-order valence-corrected chi connectivity index (χ3v) is 12.3. The predicted octanol–water partition coefficient (Wildman–Crippen LogP) is 10.7. The monoisotopic (exact) mass is 754 g/mol. The molecule has 1 saturated carbocycles. The maximum absolute atomic E-state index is 15.6. The summed E-state index contributed by atoms with van der Waals surface area (Å²) in [5.74, 6) is -0.793. The smallest absolute Gasteiger partial charge is 0.320 e. The summed E-state index contributed by atoms with van der Waals surface area (Å²) in [6, 6.07) is 36.4. The number of carbonyl (C=O) groups is 1. The fraction of sp³-hybridized carbons (Fsp3) is 0.302. The number of nitrogens with one attached hydrogen (secondary N) is 1. The number of hydrogen-bond donors (Lipinski definition) is 1. The van der Waals surface area contributed by atoms with Crippen molar-refractivity contribution in [3.8, 4) is 0 Å². The van der Waals surface area contributed by atoms with Crippen LogP contribution in [0.25, 0.3) is 0 Å². The number of aromatic nitrogens is 1. The van der Waals surface area contributed by atoms with E-state index in [4.69, 9.17) is 13.6 Å². The van der Waals surface area contributed by atoms with Gasteiger partial charge < -0.3 is 5.32 Å². The second-order valence-corrected chi connectivity index (χ2v) is 15.9. The Hall–Kier alpha value is -4.60. The minimum Gasteiger partial charge on any atom is -0.320 e. The lowest BCUT2D eigenvalue weighted by molar-refractivity contribution is -0.274. The molecule has 0 saturated heterocycles. The topological polar surface area (TPSA) is 86.8 Å². The average Bonchev–Trinajstić information content (AvgIpc) is 3.18. The van der Waals surface area contributed by atoms with Crippen molar-refractivity contribution in [3.63, 3.8) is 0 Å². The molecule has 2 aliphatic rings. The van der Waals surface area contributed by atoms with Gasteiger partial charge in [0.15, 0.2) is 5.60 Å². The van der Waals surface area contributed by atoms with E-state index in [1.165, 1.54) is 0 Å². The van der Waals surface area contributed by atoms with Gasteiger partial charge in [0, 0.05) is 17.2 Å². The van der Waals surface area contributed by atoms with E-state index >= 15 is 13.2 Å². The Labute approximate surface area is 313 Å². The van der Waals surface area contributed by atoms with Crippen LogP contribution >= 0.6 is 7.82 Å². The lowest BCUT2D eigenvalue weighted by atomic mass is 9.52. The Bertz CT molecular complexity index is 2070. The maximum Gasteiger partial charge on any atom is 0.476 e. The van der Waals surface area contributed by atoms with Crippen LogP contribution in [0.4, 0.5) is 18.9 Å². The number of aryl methyl sites for hydroxylation is 2. The summed E-state index contributed by atoms with van der Waals surface area (Å²) in [5.41, 5.74) is 2.33. The molecule has 1 fully saturated rings. The van der Waals surface area contributed by atoms with Gasteiger partial charge in [-0.2, -0.15) is 13.2 Å². The van der Waals surface area contributed by atoms with Gasteiger partial charge in [0.25, 0.3) is 5.91 Å². The number of carbonyl (C=O) groups excluding carboxylic acids is 1. The summed E-state index contributed by atoms with van der Waals surface area (Å²) < 4.78 is 78.6. The van der Waals surface area contributed by atoms with E-state index in [1.807, 2.05) is 49.4 Å². The molecule has 3 atom stereocenters. The van der Waals surface area contributed by atoms with Crippen LogP contribution < -0.4 is 5.32 Å². The molecule has 7 rings (SSSR count). The summed E-state index contributed by atoms with van der Waals surface area (Å²) in [6.45, 7) is 1.30. The summed E-state index contributed by atoms with van der Waals surface area (Å²) >= 11 is 0. The van der Waals surface area contributed by atoms with Crippen molar-refractivity contribution < 1.29 is 36.1 Å². The van der Waals surface area contributed by atoms with Gasteiger partial charge in [0.05, 0.1) is 24.6 Å². The molecular formula is C43H42F3N2O5P. The number of alkyl halides is 3. The number of hydrogen-bond acceptors (Lipinski definition) is 6. The fourth-order valence-electron chi connectivity index (χ4n) is 8.07. The predicted molar refractivity (Wildman–Crippen MR) is 201 cm³/mol. The van der Waals surface area contributed by atoms with E-state index in [1.54, 1.807) is 85.1 Å². The zero-order chi connectivity index (χ0) is 37.8. The number of benzene rings is 4. The number of phosphoric acid groups is 1. The fourth-order valence-corrected chi connectivity index (χ4v) is 9.56. The Morgan fingerprint density at radius 1 is 0.833 bits per heavy atom. The minimum atomic E-state index is -4.89. The van der Waals surface area contributed by atoms with Crippen molar-refractivity contribution >= 4 is 19.4 Å². The Balaban J connectivity index is 1.22. The van der Waals surface area contributed by atoms with E-state index < -0.39 is 43.8 Å². The first-order valence-corrected chi connectivity index (χ1v) is 19.6. The third-order valence-electron chi connectivity index (χ3n) is 10.9. The van der Waals surface area contributed by atoms with Crippen LogP contribution in [0.15, 0.2) is 128 Å². The zero-order valence-electron chi connectivity index (χ0n) is 29.9. The van der Waals surface area contributed by atoms with Crippen molar-refractivity contribution in [2.24, 2.45) is 5.92 Å². The van der Waals surface area contributed by atoms with Gasteiger partial charge in [-0.05, 0) is 103 Å². The van der Waals surface area contributed by atoms with Gasteiger partial charge in [-0.3, -0.25) is 23.3 Å². The molecule has 1 aromatic heterocycles. The number of pyridine rings is 1. The minimum absolute atomic E-state index is 0.0941. The van der Waals surface area contributed by atoms with Gasteiger partial charge in [0.1, 0.15) is 0 Å². The van der Waals surface area contributed by atoms with Crippen LogP contribution in [0.1, 0.15) is 69.6 Å². The molecule has 11 heteroatoms. The Morgan fingerprint density at radius 2 is 1.44 bits per heavy atom. The number of halogens is 3. The number of phosphoric ester groups is 1. The van der Waals surface area contributed by atoms with Gasteiger partial charge in [-0.1, -0.05) is 97.1 Å². The average molecular weight is 755 g/mol. The van der Waals surface area contributed by atoms with Gasteiger partial charge in [-0.15, -0.1) is 0 Å². The number of nitrogens with zero attached hydrogens (tertiary/aromatic N) is 1. The molecule has 0 bridgehead atoms. The first kappa shape index (κ1) is 37.7. The number of amides is 1. The summed E-state index contributed by atoms with van der Waals surface area (Å²) in [6.07, 6.45) is -2.67. The second-order valence-electron chi connectivity index (χ2n) is 14.3. The normalized spacial score (nSPS) is 21.1. The quantitative estimate of drug-likeness (QED) is 0.128. The summed E-state index contributed by atoms with van der Waals surface area (Å²) in [5, 5.41) is 2.94. The first-order chi connectivity index (χ1) is 26.0. The van der Waals surface area contributed by atoms with Gasteiger partial charge >= 0.3 is 14.0 Å². The molecule has 4 aromatic carbocycles. The molecule has 5 aromatic rings. The molecular weight excluding hydrogens is 712 g/mol. The van der Waals surface area contributed by atoms with Gasteiger partial charge in [-0.25, -0.2) is 4.57 Å². The highest BCUT2D eigenvalue weighted by molar-refractivity contribution is 7.48. The SMILES string of the molecule is Cc1ncccc1NC(=O)c1ccc2c(c1)CC[C@@H]1C[C@@](OP(=O)(OCc3ccccc3)OCc3ccccc3)(C(F)(F)F)CC[C@@]21Cc1ccccc1. The summed E-state index contributed by atoms with van der Waals surface area (Å²) in [7, 11) is -4.80. The lowest BCUT2D eigenvalue weighted by Gasteiger charge is -2.54. The highest BCUT2D eigenvalue weighted by Crippen LogP contribution is 2.64.